The van der Waals surface area contributed by atoms with Crippen molar-refractivity contribution in [2.75, 3.05) is 6.61 Å². The van der Waals surface area contributed by atoms with Gasteiger partial charge >= 0.3 is 10.7 Å². The van der Waals surface area contributed by atoms with Crippen LogP contribution >= 0.6 is 11.3 Å². The van der Waals surface area contributed by atoms with E-state index >= 15 is 0 Å². The summed E-state index contributed by atoms with van der Waals surface area (Å²) in [6, 6.07) is 7.59. The van der Waals surface area contributed by atoms with Crippen LogP contribution in [0.15, 0.2) is 35.4 Å². The molecule has 0 saturated carbocycles. The first-order valence-electron chi connectivity index (χ1n) is 9.76. The minimum absolute atomic E-state index is 0.0154. The first kappa shape index (κ1) is 24.9. The van der Waals surface area contributed by atoms with Gasteiger partial charge in [0.05, 0.1) is 20.9 Å². The second-order valence-electron chi connectivity index (χ2n) is 9.08. The Morgan fingerprint density at radius 2 is 1.81 bits per heavy atom. The van der Waals surface area contributed by atoms with Crippen molar-refractivity contribution in [1.29, 1.82) is 0 Å². The van der Waals surface area contributed by atoms with E-state index in [4.69, 9.17) is 4.74 Å². The summed E-state index contributed by atoms with van der Waals surface area (Å²) in [5.74, 6) is -0.642. The summed E-state index contributed by atoms with van der Waals surface area (Å²) < 4.78 is 5.35. The summed E-state index contributed by atoms with van der Waals surface area (Å²) in [5, 5.41) is 25.9. The van der Waals surface area contributed by atoms with Crippen LogP contribution in [-0.4, -0.2) is 28.6 Å². The summed E-state index contributed by atoms with van der Waals surface area (Å²) in [5.41, 5.74) is 2.57. The van der Waals surface area contributed by atoms with E-state index in [0.29, 0.717) is 4.88 Å². The van der Waals surface area contributed by atoms with Crippen molar-refractivity contribution in [2.24, 2.45) is 10.5 Å². The third-order valence-electron chi connectivity index (χ3n) is 4.44. The Bertz CT molecular complexity index is 1040. The predicted octanol–water partition coefficient (Wildman–Crippen LogP) is 4.81. The zero-order chi connectivity index (χ0) is 24.1. The van der Waals surface area contributed by atoms with Gasteiger partial charge < -0.3 is 4.74 Å². The molecule has 0 fully saturated rings. The Hall–Kier alpha value is -3.34. The number of carbonyl (C=O) groups is 1. The number of nitrogens with zero attached hydrogens (tertiary/aromatic N) is 3. The normalized spacial score (nSPS) is 12.0. The quantitative estimate of drug-likeness (QED) is 0.322. The fraction of sp³-hybridized carbons (Fsp3) is 0.429. The number of nitro benzene ring substituents is 1. The van der Waals surface area contributed by atoms with Crippen molar-refractivity contribution in [3.05, 3.63) is 61.0 Å². The second-order valence-corrected chi connectivity index (χ2v) is 10.2. The van der Waals surface area contributed by atoms with Crippen LogP contribution in [0.1, 0.15) is 51.5 Å². The number of ether oxygens (including phenoxy) is 1. The molecule has 1 aromatic carbocycles. The molecule has 1 N–H and O–H groups in total. The van der Waals surface area contributed by atoms with Crippen LogP contribution in [-0.2, 0) is 10.2 Å². The fourth-order valence-electron chi connectivity index (χ4n) is 3.48. The third kappa shape index (κ3) is 7.12. The van der Waals surface area contributed by atoms with E-state index in [-0.39, 0.29) is 27.3 Å². The summed E-state index contributed by atoms with van der Waals surface area (Å²) in [6.45, 7) is 9.93. The van der Waals surface area contributed by atoms with Gasteiger partial charge in [0.1, 0.15) is 0 Å². The number of hydrogen-bond donors (Lipinski definition) is 1. The number of benzene rings is 1. The standard InChI is InChI=1S/C21H26N4O6S/c1-20(2,3)13-21(4,5)14-6-8-17(16(10-14)24(27)28)31-12-18(26)23-22-11-15-7-9-19(32-15)25(29)30/h6-11H,12-13H2,1-5H3,(H,23,26)/b22-11-. The SMILES string of the molecule is CC(C)(C)CC(C)(C)c1ccc(OCC(=O)N/N=C\c2ccc([N+](=O)[O-])s2)c([N+](=O)[O-])c1. The van der Waals surface area contributed by atoms with E-state index in [1.165, 1.54) is 30.5 Å². The van der Waals surface area contributed by atoms with Gasteiger partial charge in [-0.15, -0.1) is 0 Å². The van der Waals surface area contributed by atoms with Crippen LogP contribution in [0.25, 0.3) is 0 Å². The highest BCUT2D eigenvalue weighted by molar-refractivity contribution is 7.16. The number of nitrogens with one attached hydrogen (secondary N) is 1. The highest BCUT2D eigenvalue weighted by Crippen LogP contribution is 2.39. The molecule has 0 unspecified atom stereocenters. The topological polar surface area (TPSA) is 137 Å². The summed E-state index contributed by atoms with van der Waals surface area (Å²) in [6.07, 6.45) is 2.09. The Balaban J connectivity index is 2.03. The number of amides is 1. The maximum Gasteiger partial charge on any atom is 0.324 e. The summed E-state index contributed by atoms with van der Waals surface area (Å²) >= 11 is 0.909. The van der Waals surface area contributed by atoms with Crippen LogP contribution in [0.3, 0.4) is 0 Å². The van der Waals surface area contributed by atoms with Gasteiger partial charge in [-0.05, 0) is 34.9 Å². The lowest BCUT2D eigenvalue weighted by molar-refractivity contribution is -0.385. The van der Waals surface area contributed by atoms with Crippen LogP contribution in [0.5, 0.6) is 5.75 Å². The molecule has 172 valence electrons. The lowest BCUT2D eigenvalue weighted by Crippen LogP contribution is -2.26. The summed E-state index contributed by atoms with van der Waals surface area (Å²) in [4.78, 5) is 33.6. The van der Waals surface area contributed by atoms with Crippen molar-refractivity contribution in [3.8, 4) is 5.75 Å². The van der Waals surface area contributed by atoms with Crippen LogP contribution in [0, 0.1) is 25.6 Å². The van der Waals surface area contributed by atoms with Crippen molar-refractivity contribution in [3.63, 3.8) is 0 Å². The third-order valence-corrected chi connectivity index (χ3v) is 5.41. The average molecular weight is 463 g/mol. The van der Waals surface area contributed by atoms with E-state index in [9.17, 15) is 25.0 Å². The molecule has 0 aliphatic rings. The maximum atomic E-state index is 12.0. The first-order valence-corrected chi connectivity index (χ1v) is 10.6. The molecule has 0 spiro atoms. The number of nitro groups is 2. The molecule has 32 heavy (non-hydrogen) atoms. The minimum Gasteiger partial charge on any atom is -0.477 e. The average Bonchev–Trinajstić information content (AvgIpc) is 3.13. The highest BCUT2D eigenvalue weighted by Gasteiger charge is 2.29. The molecule has 1 heterocycles. The number of hydrazone groups is 1. The monoisotopic (exact) mass is 462 g/mol. The first-order chi connectivity index (χ1) is 14.8. The largest absolute Gasteiger partial charge is 0.477 e. The van der Waals surface area contributed by atoms with E-state index in [1.54, 1.807) is 6.07 Å². The van der Waals surface area contributed by atoms with Gasteiger partial charge in [-0.1, -0.05) is 52.0 Å². The van der Waals surface area contributed by atoms with Gasteiger partial charge in [-0.25, -0.2) is 5.43 Å². The summed E-state index contributed by atoms with van der Waals surface area (Å²) in [7, 11) is 0. The van der Waals surface area contributed by atoms with Crippen molar-refractivity contribution < 1.29 is 19.4 Å². The molecule has 1 amide bonds. The van der Waals surface area contributed by atoms with Crippen molar-refractivity contribution >= 4 is 34.1 Å². The molecular weight excluding hydrogens is 436 g/mol. The van der Waals surface area contributed by atoms with Crippen molar-refractivity contribution in [1.82, 2.24) is 5.43 Å². The minimum atomic E-state index is -0.626. The molecule has 2 rings (SSSR count). The zero-order valence-electron chi connectivity index (χ0n) is 18.6. The Morgan fingerprint density at radius 3 is 2.38 bits per heavy atom. The van der Waals surface area contributed by atoms with Gasteiger partial charge in [0.15, 0.2) is 12.4 Å². The Labute approximate surface area is 189 Å². The van der Waals surface area contributed by atoms with Gasteiger partial charge in [-0.3, -0.25) is 25.0 Å². The van der Waals surface area contributed by atoms with E-state index in [0.717, 1.165) is 23.3 Å². The molecule has 11 heteroatoms. The van der Waals surface area contributed by atoms with Crippen molar-refractivity contribution in [2.45, 2.75) is 46.5 Å². The number of thiophene rings is 1. The predicted molar refractivity (Wildman–Crippen MR) is 122 cm³/mol. The highest BCUT2D eigenvalue weighted by atomic mass is 32.1. The molecule has 10 nitrogen and oxygen atoms in total. The smallest absolute Gasteiger partial charge is 0.324 e. The molecule has 2 aromatic rings. The lowest BCUT2D eigenvalue weighted by atomic mass is 9.72. The maximum absolute atomic E-state index is 12.0. The number of rotatable bonds is 9. The van der Waals surface area contributed by atoms with Gasteiger partial charge in [-0.2, -0.15) is 5.10 Å². The zero-order valence-corrected chi connectivity index (χ0v) is 19.4. The molecule has 0 bridgehead atoms. The molecule has 0 radical (unpaired) electrons. The fourth-order valence-corrected chi connectivity index (χ4v) is 4.18. The van der Waals surface area contributed by atoms with Crippen LogP contribution in [0.4, 0.5) is 10.7 Å². The Kier molecular flexibility index (Phi) is 7.68. The molecule has 0 saturated heterocycles. The number of hydrogen-bond acceptors (Lipinski definition) is 8. The molecule has 0 atom stereocenters. The van der Waals surface area contributed by atoms with E-state index < -0.39 is 22.4 Å². The number of carbonyl (C=O) groups excluding carboxylic acids is 1. The lowest BCUT2D eigenvalue weighted by Gasteiger charge is -2.33. The van der Waals surface area contributed by atoms with Crippen LogP contribution < -0.4 is 10.2 Å². The van der Waals surface area contributed by atoms with Gasteiger partial charge in [0.2, 0.25) is 0 Å². The molecule has 0 aliphatic carbocycles. The Morgan fingerprint density at radius 1 is 1.12 bits per heavy atom. The molecule has 1 aromatic heterocycles. The van der Waals surface area contributed by atoms with Crippen LogP contribution in [0.2, 0.25) is 0 Å². The molecule has 0 aliphatic heterocycles. The molecular formula is C21H26N4O6S. The van der Waals surface area contributed by atoms with E-state index in [1.807, 2.05) is 13.8 Å². The van der Waals surface area contributed by atoms with Gasteiger partial charge in [0.25, 0.3) is 5.91 Å². The van der Waals surface area contributed by atoms with Gasteiger partial charge in [0, 0.05) is 12.1 Å². The second kappa shape index (κ2) is 9.86. The van der Waals surface area contributed by atoms with E-state index in [2.05, 4.69) is 31.3 Å².